The molecule has 2 N–H and O–H groups in total. The molecule has 6 nitrogen and oxygen atoms in total. The fraction of sp³-hybridized carbons (Fsp3) is 0.250. The Hall–Kier alpha value is -3.36. The lowest BCUT2D eigenvalue weighted by Crippen LogP contribution is -2.25. The highest BCUT2D eigenvalue weighted by atomic mass is 19.4. The maximum absolute atomic E-state index is 12.7. The van der Waals surface area contributed by atoms with Crippen molar-refractivity contribution in [1.82, 2.24) is 5.32 Å². The maximum atomic E-state index is 12.7. The van der Waals surface area contributed by atoms with E-state index in [2.05, 4.69) is 10.6 Å². The van der Waals surface area contributed by atoms with Gasteiger partial charge in [0.25, 0.3) is 11.8 Å². The van der Waals surface area contributed by atoms with Crippen LogP contribution >= 0.6 is 0 Å². The summed E-state index contributed by atoms with van der Waals surface area (Å²) < 4.78 is 42.9. The number of rotatable bonds is 6. The Morgan fingerprint density at radius 3 is 2.38 bits per heavy atom. The van der Waals surface area contributed by atoms with Crippen molar-refractivity contribution in [2.45, 2.75) is 25.1 Å². The van der Waals surface area contributed by atoms with Crippen LogP contribution in [0.2, 0.25) is 0 Å². The second-order valence-corrected chi connectivity index (χ2v) is 6.53. The van der Waals surface area contributed by atoms with Gasteiger partial charge < -0.3 is 15.4 Å². The number of nitrogens with one attached hydrogen (secondary N) is 2. The van der Waals surface area contributed by atoms with Crippen LogP contribution in [-0.2, 0) is 15.7 Å². The van der Waals surface area contributed by atoms with E-state index in [0.717, 1.165) is 31.0 Å². The van der Waals surface area contributed by atoms with Crippen molar-refractivity contribution in [3.8, 4) is 0 Å². The number of carbonyl (C=O) groups excluding carboxylic acids is 3. The number of halogens is 3. The molecule has 0 atom stereocenters. The van der Waals surface area contributed by atoms with E-state index in [1.54, 1.807) is 18.2 Å². The van der Waals surface area contributed by atoms with E-state index in [9.17, 15) is 27.6 Å². The van der Waals surface area contributed by atoms with Crippen LogP contribution in [0.5, 0.6) is 0 Å². The summed E-state index contributed by atoms with van der Waals surface area (Å²) in [6.07, 6.45) is -2.71. The Morgan fingerprint density at radius 1 is 1.00 bits per heavy atom. The van der Waals surface area contributed by atoms with Crippen LogP contribution in [-0.4, -0.2) is 30.4 Å². The predicted molar refractivity (Wildman–Crippen MR) is 97.3 cm³/mol. The number of alkyl halides is 3. The Labute approximate surface area is 164 Å². The molecule has 2 aromatic rings. The highest BCUT2D eigenvalue weighted by Crippen LogP contribution is 2.29. The highest BCUT2D eigenvalue weighted by molar-refractivity contribution is 5.98. The SMILES string of the molecule is O=C(COC(=O)c1cccc(C(F)(F)F)c1)Nc1cccc(C(=O)NC2CC2)c1. The number of esters is 1. The molecule has 1 aliphatic rings. The van der Waals surface area contributed by atoms with Crippen LogP contribution in [0.3, 0.4) is 0 Å². The van der Waals surface area contributed by atoms with Gasteiger partial charge in [-0.3, -0.25) is 9.59 Å². The van der Waals surface area contributed by atoms with Crippen molar-refractivity contribution in [2.75, 3.05) is 11.9 Å². The summed E-state index contributed by atoms with van der Waals surface area (Å²) >= 11 is 0. The molecule has 0 unspecified atom stereocenters. The first-order chi connectivity index (χ1) is 13.7. The fourth-order valence-corrected chi connectivity index (χ4v) is 2.47. The van der Waals surface area contributed by atoms with E-state index >= 15 is 0 Å². The van der Waals surface area contributed by atoms with Crippen molar-refractivity contribution in [1.29, 1.82) is 0 Å². The second-order valence-electron chi connectivity index (χ2n) is 6.53. The zero-order valence-corrected chi connectivity index (χ0v) is 15.1. The number of benzene rings is 2. The van der Waals surface area contributed by atoms with Gasteiger partial charge in [0.2, 0.25) is 0 Å². The molecular formula is C20H17F3N2O4. The van der Waals surface area contributed by atoms with Gasteiger partial charge in [0.15, 0.2) is 6.61 Å². The van der Waals surface area contributed by atoms with Gasteiger partial charge in [-0.25, -0.2) is 4.79 Å². The molecule has 9 heteroatoms. The molecule has 1 saturated carbocycles. The van der Waals surface area contributed by atoms with Crippen molar-refractivity contribution < 1.29 is 32.3 Å². The molecule has 3 rings (SSSR count). The molecule has 2 aromatic carbocycles. The summed E-state index contributed by atoms with van der Waals surface area (Å²) in [6.45, 7) is -0.687. The first-order valence-corrected chi connectivity index (χ1v) is 8.77. The fourth-order valence-electron chi connectivity index (χ4n) is 2.47. The van der Waals surface area contributed by atoms with Gasteiger partial charge in [-0.1, -0.05) is 12.1 Å². The van der Waals surface area contributed by atoms with Crippen LogP contribution < -0.4 is 10.6 Å². The normalized spacial score (nSPS) is 13.5. The van der Waals surface area contributed by atoms with Gasteiger partial charge in [-0.2, -0.15) is 13.2 Å². The molecule has 0 aliphatic heterocycles. The summed E-state index contributed by atoms with van der Waals surface area (Å²) in [5, 5.41) is 5.30. The van der Waals surface area contributed by atoms with Crippen molar-refractivity contribution in [3.63, 3.8) is 0 Å². The van der Waals surface area contributed by atoms with E-state index in [1.165, 1.54) is 6.07 Å². The highest BCUT2D eigenvalue weighted by Gasteiger charge is 2.31. The van der Waals surface area contributed by atoms with E-state index in [-0.39, 0.29) is 17.5 Å². The Balaban J connectivity index is 1.54. The van der Waals surface area contributed by atoms with Crippen molar-refractivity contribution >= 4 is 23.5 Å². The average Bonchev–Trinajstić information content (AvgIpc) is 3.49. The number of hydrogen-bond acceptors (Lipinski definition) is 4. The number of anilines is 1. The standard InChI is InChI=1S/C20H17F3N2O4/c21-20(22,23)14-5-1-4-13(9-14)19(28)29-11-17(26)24-16-6-2-3-12(10-16)18(27)25-15-7-8-15/h1-6,9-10,15H,7-8,11H2,(H,24,26)(H,25,27). The average molecular weight is 406 g/mol. The summed E-state index contributed by atoms with van der Waals surface area (Å²) in [5.74, 6) is -1.99. The van der Waals surface area contributed by atoms with E-state index in [0.29, 0.717) is 17.3 Å². The van der Waals surface area contributed by atoms with Gasteiger partial charge in [0.1, 0.15) is 0 Å². The molecule has 0 bridgehead atoms. The summed E-state index contributed by atoms with van der Waals surface area (Å²) in [5.41, 5.74) is -0.603. The van der Waals surface area contributed by atoms with E-state index in [4.69, 9.17) is 4.74 Å². The lowest BCUT2D eigenvalue weighted by atomic mass is 10.1. The Bertz CT molecular complexity index is 939. The van der Waals surface area contributed by atoms with Crippen LogP contribution in [0.25, 0.3) is 0 Å². The molecule has 0 saturated heterocycles. The minimum Gasteiger partial charge on any atom is -0.452 e. The number of amides is 2. The third-order valence-electron chi connectivity index (χ3n) is 4.08. The monoisotopic (exact) mass is 406 g/mol. The van der Waals surface area contributed by atoms with Crippen molar-refractivity contribution in [2.24, 2.45) is 0 Å². The minimum atomic E-state index is -4.59. The Kier molecular flexibility index (Phi) is 5.86. The molecular weight excluding hydrogens is 389 g/mol. The zero-order valence-electron chi connectivity index (χ0n) is 15.1. The van der Waals surface area contributed by atoms with Crippen molar-refractivity contribution in [3.05, 3.63) is 65.2 Å². The largest absolute Gasteiger partial charge is 0.452 e. The first kappa shape index (κ1) is 20.4. The molecule has 1 aliphatic carbocycles. The second kappa shape index (κ2) is 8.34. The quantitative estimate of drug-likeness (QED) is 0.721. The molecule has 29 heavy (non-hydrogen) atoms. The van der Waals surface area contributed by atoms with Gasteiger partial charge in [-0.15, -0.1) is 0 Å². The number of carbonyl (C=O) groups is 3. The molecule has 152 valence electrons. The third kappa shape index (κ3) is 5.81. The molecule has 2 amide bonds. The van der Waals surface area contributed by atoms with Gasteiger partial charge in [-0.05, 0) is 49.2 Å². The molecule has 0 radical (unpaired) electrons. The first-order valence-electron chi connectivity index (χ1n) is 8.77. The lowest BCUT2D eigenvalue weighted by molar-refractivity contribution is -0.137. The Morgan fingerprint density at radius 2 is 1.69 bits per heavy atom. The van der Waals surface area contributed by atoms with Gasteiger partial charge in [0, 0.05) is 17.3 Å². The molecule has 1 fully saturated rings. The number of ether oxygens (including phenoxy) is 1. The smallest absolute Gasteiger partial charge is 0.416 e. The predicted octanol–water partition coefficient (Wildman–Crippen LogP) is 3.39. The van der Waals surface area contributed by atoms with Crippen LogP contribution in [0.15, 0.2) is 48.5 Å². The molecule has 0 spiro atoms. The van der Waals surface area contributed by atoms with E-state index < -0.39 is 30.2 Å². The minimum absolute atomic E-state index is 0.191. The topological polar surface area (TPSA) is 84.5 Å². The summed E-state index contributed by atoms with van der Waals surface area (Å²) in [7, 11) is 0. The number of hydrogen-bond donors (Lipinski definition) is 2. The molecule has 0 heterocycles. The van der Waals surface area contributed by atoms with Crippen LogP contribution in [0, 0.1) is 0 Å². The van der Waals surface area contributed by atoms with Crippen LogP contribution in [0.1, 0.15) is 39.1 Å². The lowest BCUT2D eigenvalue weighted by Gasteiger charge is -2.10. The maximum Gasteiger partial charge on any atom is 0.416 e. The van der Waals surface area contributed by atoms with E-state index in [1.807, 2.05) is 0 Å². The van der Waals surface area contributed by atoms with Gasteiger partial charge >= 0.3 is 12.1 Å². The van der Waals surface area contributed by atoms with Gasteiger partial charge in [0.05, 0.1) is 11.1 Å². The third-order valence-corrected chi connectivity index (χ3v) is 4.08. The van der Waals surface area contributed by atoms with Crippen LogP contribution in [0.4, 0.5) is 18.9 Å². The molecule has 0 aromatic heterocycles. The zero-order chi connectivity index (χ0) is 21.0. The summed E-state index contributed by atoms with van der Waals surface area (Å²) in [6, 6.07) is 10.1. The summed E-state index contributed by atoms with van der Waals surface area (Å²) in [4.78, 5) is 35.9.